The molecular formula is C13H13FN2O2S2. The number of halogens is 1. The van der Waals surface area contributed by atoms with Crippen LogP contribution in [0.25, 0.3) is 0 Å². The summed E-state index contributed by atoms with van der Waals surface area (Å²) in [5, 5.41) is 1.96. The Labute approximate surface area is 120 Å². The SMILES string of the molecule is Nc1c(F)cccc1S(=O)(=O)N1CCc2sccc2C1. The molecule has 2 heterocycles. The molecule has 1 aromatic heterocycles. The number of fused-ring (bicyclic) bond motifs is 1. The van der Waals surface area contributed by atoms with Gasteiger partial charge in [0.1, 0.15) is 10.7 Å². The highest BCUT2D eigenvalue weighted by Crippen LogP contribution is 2.30. The Balaban J connectivity index is 1.99. The summed E-state index contributed by atoms with van der Waals surface area (Å²) in [6.07, 6.45) is 0.682. The lowest BCUT2D eigenvalue weighted by Gasteiger charge is -2.26. The second kappa shape index (κ2) is 4.83. The molecule has 0 saturated heterocycles. The summed E-state index contributed by atoms with van der Waals surface area (Å²) in [5.74, 6) is -0.709. The molecule has 0 bridgehead atoms. The van der Waals surface area contributed by atoms with Gasteiger partial charge in [-0.3, -0.25) is 0 Å². The van der Waals surface area contributed by atoms with Crippen molar-refractivity contribution >= 4 is 27.0 Å². The van der Waals surface area contributed by atoms with E-state index in [1.807, 2.05) is 11.4 Å². The van der Waals surface area contributed by atoms with Gasteiger partial charge in [0.2, 0.25) is 10.0 Å². The molecule has 2 N–H and O–H groups in total. The highest BCUT2D eigenvalue weighted by molar-refractivity contribution is 7.89. The van der Waals surface area contributed by atoms with Crippen molar-refractivity contribution in [3.63, 3.8) is 0 Å². The molecule has 2 aromatic rings. The first-order valence-corrected chi connectivity index (χ1v) is 8.41. The Kier molecular flexibility index (Phi) is 3.27. The minimum atomic E-state index is -3.76. The minimum absolute atomic E-state index is 0.156. The van der Waals surface area contributed by atoms with Gasteiger partial charge in [-0.25, -0.2) is 12.8 Å². The van der Waals surface area contributed by atoms with Gasteiger partial charge in [-0.2, -0.15) is 4.31 Å². The number of nitrogen functional groups attached to an aromatic ring is 1. The molecule has 3 rings (SSSR count). The molecule has 106 valence electrons. The maximum absolute atomic E-state index is 13.5. The van der Waals surface area contributed by atoms with Gasteiger partial charge in [0.25, 0.3) is 0 Å². The van der Waals surface area contributed by atoms with E-state index in [1.165, 1.54) is 21.3 Å². The van der Waals surface area contributed by atoms with Crippen molar-refractivity contribution in [3.8, 4) is 0 Å². The van der Waals surface area contributed by atoms with E-state index in [9.17, 15) is 12.8 Å². The van der Waals surface area contributed by atoms with E-state index in [1.54, 1.807) is 11.3 Å². The Morgan fingerprint density at radius 3 is 2.90 bits per heavy atom. The van der Waals surface area contributed by atoms with Crippen LogP contribution >= 0.6 is 11.3 Å². The van der Waals surface area contributed by atoms with Crippen LogP contribution in [-0.2, 0) is 23.0 Å². The summed E-state index contributed by atoms with van der Waals surface area (Å²) < 4.78 is 40.0. The van der Waals surface area contributed by atoms with Gasteiger partial charge in [0.15, 0.2) is 0 Å². The average molecular weight is 312 g/mol. The summed E-state index contributed by atoms with van der Waals surface area (Å²) >= 11 is 1.63. The van der Waals surface area contributed by atoms with E-state index in [2.05, 4.69) is 0 Å². The van der Waals surface area contributed by atoms with Crippen LogP contribution in [0.4, 0.5) is 10.1 Å². The van der Waals surface area contributed by atoms with Crippen LogP contribution in [-0.4, -0.2) is 19.3 Å². The molecule has 0 spiro atoms. The Morgan fingerprint density at radius 1 is 1.30 bits per heavy atom. The number of hydrogen-bond donors (Lipinski definition) is 1. The highest BCUT2D eigenvalue weighted by atomic mass is 32.2. The molecule has 4 nitrogen and oxygen atoms in total. The smallest absolute Gasteiger partial charge is 0.245 e. The lowest BCUT2D eigenvalue weighted by atomic mass is 10.1. The number of nitrogens with two attached hydrogens (primary N) is 1. The molecule has 0 saturated carbocycles. The van der Waals surface area contributed by atoms with Crippen molar-refractivity contribution in [1.29, 1.82) is 0 Å². The van der Waals surface area contributed by atoms with Crippen molar-refractivity contribution in [2.24, 2.45) is 0 Å². The number of para-hydroxylation sites is 1. The molecule has 0 amide bonds. The summed E-state index contributed by atoms with van der Waals surface area (Å²) in [7, 11) is -3.76. The number of benzene rings is 1. The largest absolute Gasteiger partial charge is 0.395 e. The highest BCUT2D eigenvalue weighted by Gasteiger charge is 2.30. The second-order valence-electron chi connectivity index (χ2n) is 4.61. The second-order valence-corrected chi connectivity index (χ2v) is 7.52. The van der Waals surface area contributed by atoms with Crippen molar-refractivity contribution < 1.29 is 12.8 Å². The molecule has 0 fully saturated rings. The molecule has 0 radical (unpaired) electrons. The van der Waals surface area contributed by atoms with Crippen molar-refractivity contribution in [1.82, 2.24) is 4.31 Å². The van der Waals surface area contributed by atoms with Gasteiger partial charge in [0.05, 0.1) is 5.69 Å². The van der Waals surface area contributed by atoms with E-state index >= 15 is 0 Å². The van der Waals surface area contributed by atoms with Crippen LogP contribution < -0.4 is 5.73 Å². The molecule has 1 aliphatic heterocycles. The average Bonchev–Trinajstić information content (AvgIpc) is 2.89. The first kappa shape index (κ1) is 13.5. The number of anilines is 1. The normalized spacial score (nSPS) is 16.1. The van der Waals surface area contributed by atoms with E-state index in [0.717, 1.165) is 11.6 Å². The van der Waals surface area contributed by atoms with Crippen LogP contribution in [0.2, 0.25) is 0 Å². The van der Waals surface area contributed by atoms with E-state index in [-0.39, 0.29) is 10.6 Å². The predicted molar refractivity (Wildman–Crippen MR) is 76.4 cm³/mol. The predicted octanol–water partition coefficient (Wildman–Crippen LogP) is 2.22. The molecule has 20 heavy (non-hydrogen) atoms. The first-order chi connectivity index (χ1) is 9.50. The molecular weight excluding hydrogens is 299 g/mol. The van der Waals surface area contributed by atoms with Crippen LogP contribution in [0.3, 0.4) is 0 Å². The van der Waals surface area contributed by atoms with Crippen molar-refractivity contribution in [2.45, 2.75) is 17.9 Å². The fourth-order valence-corrected chi connectivity index (χ4v) is 4.74. The number of sulfonamides is 1. The van der Waals surface area contributed by atoms with Gasteiger partial charge in [-0.15, -0.1) is 11.3 Å². The Morgan fingerprint density at radius 2 is 2.10 bits per heavy atom. The molecule has 0 aliphatic carbocycles. The number of rotatable bonds is 2. The standard InChI is InChI=1S/C13H13FN2O2S2/c14-10-2-1-3-12(13(10)15)20(17,18)16-6-4-11-9(8-16)5-7-19-11/h1-3,5,7H,4,6,8,15H2. The van der Waals surface area contributed by atoms with Gasteiger partial charge in [-0.05, 0) is 35.6 Å². The third kappa shape index (κ3) is 2.11. The quantitative estimate of drug-likeness (QED) is 0.865. The maximum atomic E-state index is 13.5. The summed E-state index contributed by atoms with van der Waals surface area (Å²) in [6.45, 7) is 0.711. The topological polar surface area (TPSA) is 63.4 Å². The van der Waals surface area contributed by atoms with Gasteiger partial charge in [-0.1, -0.05) is 6.07 Å². The summed E-state index contributed by atoms with van der Waals surface area (Å²) in [5.41, 5.74) is 6.27. The van der Waals surface area contributed by atoms with Crippen LogP contribution in [0, 0.1) is 5.82 Å². The van der Waals surface area contributed by atoms with E-state index < -0.39 is 15.8 Å². The van der Waals surface area contributed by atoms with Gasteiger partial charge >= 0.3 is 0 Å². The zero-order valence-electron chi connectivity index (χ0n) is 10.5. The monoisotopic (exact) mass is 312 g/mol. The fraction of sp³-hybridized carbons (Fsp3) is 0.231. The third-order valence-corrected chi connectivity index (χ3v) is 6.33. The molecule has 0 unspecified atom stereocenters. The zero-order chi connectivity index (χ0) is 14.3. The molecule has 1 aromatic carbocycles. The zero-order valence-corrected chi connectivity index (χ0v) is 12.2. The minimum Gasteiger partial charge on any atom is -0.395 e. The molecule has 0 atom stereocenters. The third-order valence-electron chi connectivity index (χ3n) is 3.40. The van der Waals surface area contributed by atoms with Crippen LogP contribution in [0.5, 0.6) is 0 Å². The van der Waals surface area contributed by atoms with E-state index in [4.69, 9.17) is 5.73 Å². The Hall–Kier alpha value is -1.44. The van der Waals surface area contributed by atoms with E-state index in [0.29, 0.717) is 19.5 Å². The molecule has 7 heteroatoms. The van der Waals surface area contributed by atoms with Gasteiger partial charge < -0.3 is 5.73 Å². The lowest BCUT2D eigenvalue weighted by Crippen LogP contribution is -2.35. The summed E-state index contributed by atoms with van der Waals surface area (Å²) in [6, 6.07) is 5.79. The summed E-state index contributed by atoms with van der Waals surface area (Å²) in [4.78, 5) is 1.06. The number of hydrogen-bond acceptors (Lipinski definition) is 4. The van der Waals surface area contributed by atoms with Crippen molar-refractivity contribution in [2.75, 3.05) is 12.3 Å². The van der Waals surface area contributed by atoms with Gasteiger partial charge in [0, 0.05) is 18.0 Å². The number of thiophene rings is 1. The van der Waals surface area contributed by atoms with Crippen molar-refractivity contribution in [3.05, 3.63) is 45.9 Å². The maximum Gasteiger partial charge on any atom is 0.245 e. The lowest BCUT2D eigenvalue weighted by molar-refractivity contribution is 0.394. The Bertz CT molecular complexity index is 755. The van der Waals surface area contributed by atoms with Crippen LogP contribution in [0.15, 0.2) is 34.5 Å². The first-order valence-electron chi connectivity index (χ1n) is 6.09. The molecule has 1 aliphatic rings. The fourth-order valence-electron chi connectivity index (χ4n) is 2.31. The number of nitrogens with zero attached hydrogens (tertiary/aromatic N) is 1. The van der Waals surface area contributed by atoms with Crippen LogP contribution in [0.1, 0.15) is 10.4 Å².